The molecular weight excluding hydrogens is 473 g/mol. The fraction of sp³-hybridized carbons (Fsp3) is 0.308. The second-order valence-electron chi connectivity index (χ2n) is 8.54. The van der Waals surface area contributed by atoms with E-state index in [9.17, 15) is 14.0 Å². The number of rotatable bonds is 4. The Labute approximate surface area is 195 Å². The van der Waals surface area contributed by atoms with E-state index in [2.05, 4.69) is 21.2 Å². The predicted molar refractivity (Wildman–Crippen MR) is 124 cm³/mol. The van der Waals surface area contributed by atoms with Gasteiger partial charge in [0.1, 0.15) is 5.82 Å². The quantitative estimate of drug-likeness (QED) is 0.534. The standard InChI is InChI=1S/C26H25BrFNO3/c1-14(2)32-26(31)23-15(3)29-21-12-17(16-8-10-18(28)11-9-16)13-22(30)25(21)24(23)19-6-4-5-7-20(19)27/h4-11,14,17,24,29H,12-13H2,1-3H3/t17-,24+/m0/s1. The summed E-state index contributed by atoms with van der Waals surface area (Å²) in [5.74, 6) is -1.31. The Hall–Kier alpha value is -2.73. The summed E-state index contributed by atoms with van der Waals surface area (Å²) < 4.78 is 19.8. The summed E-state index contributed by atoms with van der Waals surface area (Å²) in [5, 5.41) is 3.33. The van der Waals surface area contributed by atoms with Crippen molar-refractivity contribution < 1.29 is 18.7 Å². The maximum Gasteiger partial charge on any atom is 0.337 e. The molecule has 2 atom stereocenters. The van der Waals surface area contributed by atoms with Crippen molar-refractivity contribution in [1.82, 2.24) is 5.32 Å². The third-order valence-corrected chi connectivity index (χ3v) is 6.67. The molecule has 1 heterocycles. The maximum absolute atomic E-state index is 13.5. The van der Waals surface area contributed by atoms with Crippen molar-refractivity contribution in [3.8, 4) is 0 Å². The highest BCUT2D eigenvalue weighted by molar-refractivity contribution is 9.10. The van der Waals surface area contributed by atoms with Gasteiger partial charge in [0.15, 0.2) is 5.78 Å². The molecule has 0 saturated carbocycles. The number of nitrogens with one attached hydrogen (secondary N) is 1. The highest BCUT2D eigenvalue weighted by atomic mass is 79.9. The van der Waals surface area contributed by atoms with E-state index >= 15 is 0 Å². The molecule has 0 amide bonds. The van der Waals surface area contributed by atoms with Crippen LogP contribution in [0.15, 0.2) is 75.5 Å². The first-order valence-corrected chi connectivity index (χ1v) is 11.5. The molecule has 1 aliphatic heterocycles. The lowest BCUT2D eigenvalue weighted by atomic mass is 9.71. The van der Waals surface area contributed by atoms with Crippen molar-refractivity contribution in [2.24, 2.45) is 0 Å². The van der Waals surface area contributed by atoms with Crippen molar-refractivity contribution in [1.29, 1.82) is 0 Å². The SMILES string of the molecule is CC1=C(C(=O)OC(C)C)[C@@H](c2ccccc2Br)C2=C(C[C@H](c3ccc(F)cc3)CC2=O)N1. The van der Waals surface area contributed by atoms with E-state index in [0.29, 0.717) is 29.7 Å². The first kappa shape index (κ1) is 22.5. The molecule has 1 N–H and O–H groups in total. The molecule has 32 heavy (non-hydrogen) atoms. The first-order chi connectivity index (χ1) is 15.3. The number of hydrogen-bond donors (Lipinski definition) is 1. The molecule has 166 valence electrons. The summed E-state index contributed by atoms with van der Waals surface area (Å²) in [6.45, 7) is 5.46. The molecule has 0 radical (unpaired) electrons. The monoisotopic (exact) mass is 497 g/mol. The lowest BCUT2D eigenvalue weighted by Gasteiger charge is -2.37. The first-order valence-electron chi connectivity index (χ1n) is 10.7. The van der Waals surface area contributed by atoms with Gasteiger partial charge in [-0.3, -0.25) is 4.79 Å². The zero-order chi connectivity index (χ0) is 23.0. The summed E-state index contributed by atoms with van der Waals surface area (Å²) in [6, 6.07) is 14.0. The molecule has 4 rings (SSSR count). The van der Waals surface area contributed by atoms with Gasteiger partial charge in [0.2, 0.25) is 0 Å². The third-order valence-electron chi connectivity index (χ3n) is 5.95. The van der Waals surface area contributed by atoms with Gasteiger partial charge in [-0.05, 0) is 62.4 Å². The van der Waals surface area contributed by atoms with Gasteiger partial charge < -0.3 is 10.1 Å². The number of benzene rings is 2. The number of carbonyl (C=O) groups excluding carboxylic acids is 2. The predicted octanol–water partition coefficient (Wildman–Crippen LogP) is 5.90. The number of hydrogen-bond acceptors (Lipinski definition) is 4. The second kappa shape index (κ2) is 9.02. The summed E-state index contributed by atoms with van der Waals surface area (Å²) in [5.41, 5.74) is 4.34. The molecule has 0 saturated heterocycles. The molecule has 0 aromatic heterocycles. The van der Waals surface area contributed by atoms with Crippen molar-refractivity contribution in [3.05, 3.63) is 92.5 Å². The van der Waals surface area contributed by atoms with Gasteiger partial charge in [-0.2, -0.15) is 0 Å². The summed E-state index contributed by atoms with van der Waals surface area (Å²) >= 11 is 3.61. The van der Waals surface area contributed by atoms with Crippen LogP contribution in [0.25, 0.3) is 0 Å². The van der Waals surface area contributed by atoms with E-state index < -0.39 is 11.9 Å². The maximum atomic E-state index is 13.5. The molecule has 4 nitrogen and oxygen atoms in total. The molecule has 0 spiro atoms. The van der Waals surface area contributed by atoms with Crippen LogP contribution in [0.4, 0.5) is 4.39 Å². The Morgan fingerprint density at radius 1 is 1.12 bits per heavy atom. The summed E-state index contributed by atoms with van der Waals surface area (Å²) in [7, 11) is 0. The second-order valence-corrected chi connectivity index (χ2v) is 9.40. The van der Waals surface area contributed by atoms with Crippen LogP contribution in [0.3, 0.4) is 0 Å². The largest absolute Gasteiger partial charge is 0.460 e. The number of Topliss-reactive ketones (excluding diaryl/α,β-unsaturated/α-hetero) is 1. The number of dihydropyridines is 1. The number of ether oxygens (including phenoxy) is 1. The molecule has 1 aliphatic carbocycles. The van der Waals surface area contributed by atoms with Gasteiger partial charge in [0.05, 0.1) is 11.7 Å². The molecular formula is C26H25BrFNO3. The number of carbonyl (C=O) groups is 2. The summed E-state index contributed by atoms with van der Waals surface area (Å²) in [6.07, 6.45) is 0.638. The van der Waals surface area contributed by atoms with Gasteiger partial charge in [-0.1, -0.05) is 46.3 Å². The number of halogens is 2. The van der Waals surface area contributed by atoms with Crippen LogP contribution in [0.1, 0.15) is 56.6 Å². The average Bonchev–Trinajstić information content (AvgIpc) is 2.73. The van der Waals surface area contributed by atoms with Crippen LogP contribution < -0.4 is 5.32 Å². The third kappa shape index (κ3) is 4.29. The van der Waals surface area contributed by atoms with Crippen LogP contribution in [0, 0.1) is 5.82 Å². The average molecular weight is 498 g/mol. The van der Waals surface area contributed by atoms with Crippen molar-refractivity contribution in [2.75, 3.05) is 0 Å². The van der Waals surface area contributed by atoms with Crippen molar-refractivity contribution in [2.45, 2.75) is 51.6 Å². The van der Waals surface area contributed by atoms with Gasteiger partial charge >= 0.3 is 5.97 Å². The Morgan fingerprint density at radius 2 is 1.81 bits per heavy atom. The Balaban J connectivity index is 1.80. The molecule has 6 heteroatoms. The Bertz CT molecular complexity index is 1130. The Kier molecular flexibility index (Phi) is 6.33. The van der Waals surface area contributed by atoms with E-state index in [0.717, 1.165) is 21.3 Å². The summed E-state index contributed by atoms with van der Waals surface area (Å²) in [4.78, 5) is 26.6. The lowest BCUT2D eigenvalue weighted by molar-refractivity contribution is -0.143. The number of ketones is 1. The molecule has 0 fully saturated rings. The van der Waals surface area contributed by atoms with Crippen LogP contribution in [0.5, 0.6) is 0 Å². The normalized spacial score (nSPS) is 20.9. The van der Waals surface area contributed by atoms with Crippen LogP contribution in [-0.4, -0.2) is 17.9 Å². The van der Waals surface area contributed by atoms with Crippen molar-refractivity contribution >= 4 is 27.7 Å². The molecule has 2 aliphatic rings. The smallest absolute Gasteiger partial charge is 0.337 e. The molecule has 2 aromatic rings. The minimum Gasteiger partial charge on any atom is -0.460 e. The lowest BCUT2D eigenvalue weighted by Crippen LogP contribution is -2.36. The van der Waals surface area contributed by atoms with Crippen LogP contribution >= 0.6 is 15.9 Å². The minimum absolute atomic E-state index is 0.0174. The van der Waals surface area contributed by atoms with Gasteiger partial charge in [-0.15, -0.1) is 0 Å². The van der Waals surface area contributed by atoms with E-state index in [4.69, 9.17) is 4.74 Å². The van der Waals surface area contributed by atoms with Crippen LogP contribution in [-0.2, 0) is 14.3 Å². The van der Waals surface area contributed by atoms with E-state index in [-0.39, 0.29) is 23.6 Å². The number of allylic oxidation sites excluding steroid dienone is 3. The molecule has 2 aromatic carbocycles. The van der Waals surface area contributed by atoms with E-state index in [1.807, 2.05) is 31.2 Å². The fourth-order valence-electron chi connectivity index (χ4n) is 4.58. The number of esters is 1. The van der Waals surface area contributed by atoms with E-state index in [1.54, 1.807) is 26.0 Å². The molecule has 0 bridgehead atoms. The zero-order valence-corrected chi connectivity index (χ0v) is 19.8. The van der Waals surface area contributed by atoms with Gasteiger partial charge in [0.25, 0.3) is 0 Å². The Morgan fingerprint density at radius 3 is 2.47 bits per heavy atom. The van der Waals surface area contributed by atoms with E-state index in [1.165, 1.54) is 12.1 Å². The zero-order valence-electron chi connectivity index (χ0n) is 18.2. The van der Waals surface area contributed by atoms with Gasteiger partial charge in [-0.25, -0.2) is 9.18 Å². The van der Waals surface area contributed by atoms with Crippen LogP contribution in [0.2, 0.25) is 0 Å². The molecule has 0 unspecified atom stereocenters. The van der Waals surface area contributed by atoms with Gasteiger partial charge in [0, 0.05) is 33.8 Å². The fourth-order valence-corrected chi connectivity index (χ4v) is 5.09. The topological polar surface area (TPSA) is 55.4 Å². The highest BCUT2D eigenvalue weighted by Crippen LogP contribution is 2.47. The highest BCUT2D eigenvalue weighted by Gasteiger charge is 2.42. The minimum atomic E-state index is -0.519. The van der Waals surface area contributed by atoms with Crippen molar-refractivity contribution in [3.63, 3.8) is 0 Å².